The maximum absolute atomic E-state index is 5.97. The third-order valence-electron chi connectivity index (χ3n) is 2.77. The molecule has 0 saturated carbocycles. The van der Waals surface area contributed by atoms with E-state index in [1.807, 2.05) is 6.92 Å². The average molecular weight is 276 g/mol. The first-order valence-corrected chi connectivity index (χ1v) is 5.96. The number of nitrogens with two attached hydrogens (primary N) is 1. The van der Waals surface area contributed by atoms with Crippen molar-refractivity contribution in [1.82, 2.24) is 10.1 Å². The van der Waals surface area contributed by atoms with Crippen molar-refractivity contribution in [2.45, 2.75) is 6.92 Å². The highest BCUT2D eigenvalue weighted by atomic mass is 35.5. The van der Waals surface area contributed by atoms with Gasteiger partial charge in [0.1, 0.15) is 5.76 Å². The minimum Gasteiger partial charge on any atom is -0.469 e. The van der Waals surface area contributed by atoms with Crippen molar-refractivity contribution in [3.63, 3.8) is 0 Å². The Bertz CT molecular complexity index is 733. The van der Waals surface area contributed by atoms with Crippen LogP contribution in [-0.4, -0.2) is 10.1 Å². The van der Waals surface area contributed by atoms with Crippen LogP contribution in [0.2, 0.25) is 5.02 Å². The van der Waals surface area contributed by atoms with Crippen molar-refractivity contribution in [1.29, 1.82) is 0 Å². The summed E-state index contributed by atoms with van der Waals surface area (Å²) in [5, 5.41) is 4.38. The first-order valence-electron chi connectivity index (χ1n) is 5.59. The zero-order chi connectivity index (χ0) is 13.4. The van der Waals surface area contributed by atoms with Crippen molar-refractivity contribution in [3.8, 4) is 22.8 Å². The van der Waals surface area contributed by atoms with Crippen LogP contribution in [-0.2, 0) is 0 Å². The largest absolute Gasteiger partial charge is 0.469 e. The van der Waals surface area contributed by atoms with Gasteiger partial charge in [-0.05, 0) is 31.2 Å². The number of anilines is 1. The summed E-state index contributed by atoms with van der Waals surface area (Å²) >= 11 is 5.97. The van der Waals surface area contributed by atoms with Gasteiger partial charge in [-0.2, -0.15) is 4.98 Å². The molecule has 0 saturated heterocycles. The van der Waals surface area contributed by atoms with Crippen molar-refractivity contribution in [2.24, 2.45) is 0 Å². The van der Waals surface area contributed by atoms with Gasteiger partial charge in [-0.1, -0.05) is 16.8 Å². The second-order valence-electron chi connectivity index (χ2n) is 4.05. The van der Waals surface area contributed by atoms with E-state index in [0.717, 1.165) is 16.9 Å². The van der Waals surface area contributed by atoms with Crippen LogP contribution in [0.15, 0.2) is 39.5 Å². The first kappa shape index (κ1) is 11.8. The van der Waals surface area contributed by atoms with Crippen LogP contribution in [0.1, 0.15) is 5.76 Å². The third-order valence-corrected chi connectivity index (χ3v) is 3.10. The third kappa shape index (κ3) is 2.08. The number of hydrogen-bond acceptors (Lipinski definition) is 5. The van der Waals surface area contributed by atoms with Crippen molar-refractivity contribution < 1.29 is 8.94 Å². The standard InChI is InChI=1S/C13H10ClN3O2/c1-7-9(4-5-18-7)12-16-13(19-17-12)8-2-3-11(15)10(14)6-8/h2-6H,15H2,1H3. The predicted molar refractivity (Wildman–Crippen MR) is 71.6 cm³/mol. The van der Waals surface area contributed by atoms with Crippen LogP contribution in [0.4, 0.5) is 5.69 Å². The van der Waals surface area contributed by atoms with E-state index in [9.17, 15) is 0 Å². The maximum atomic E-state index is 5.97. The molecule has 0 bridgehead atoms. The first-order chi connectivity index (χ1) is 9.15. The van der Waals surface area contributed by atoms with Crippen LogP contribution >= 0.6 is 11.6 Å². The summed E-state index contributed by atoms with van der Waals surface area (Å²) in [6, 6.07) is 6.96. The predicted octanol–water partition coefficient (Wildman–Crippen LogP) is 3.54. The zero-order valence-corrected chi connectivity index (χ0v) is 10.8. The van der Waals surface area contributed by atoms with Crippen LogP contribution in [0, 0.1) is 6.92 Å². The van der Waals surface area contributed by atoms with Crippen molar-refractivity contribution in [3.05, 3.63) is 41.3 Å². The summed E-state index contributed by atoms with van der Waals surface area (Å²) in [5.74, 6) is 1.61. The lowest BCUT2D eigenvalue weighted by Crippen LogP contribution is -1.86. The van der Waals surface area contributed by atoms with Gasteiger partial charge in [-0.3, -0.25) is 0 Å². The quantitative estimate of drug-likeness (QED) is 0.724. The van der Waals surface area contributed by atoms with E-state index in [4.69, 9.17) is 26.3 Å². The Labute approximate surface area is 114 Å². The Morgan fingerprint density at radius 3 is 2.79 bits per heavy atom. The fraction of sp³-hybridized carbons (Fsp3) is 0.0769. The fourth-order valence-corrected chi connectivity index (χ4v) is 1.91. The molecule has 0 unspecified atom stereocenters. The number of rotatable bonds is 2. The molecule has 6 heteroatoms. The highest BCUT2D eigenvalue weighted by molar-refractivity contribution is 6.33. The molecule has 0 aliphatic rings. The minimum absolute atomic E-state index is 0.387. The van der Waals surface area contributed by atoms with Gasteiger partial charge >= 0.3 is 0 Å². The molecule has 0 amide bonds. The fourth-order valence-electron chi connectivity index (χ4n) is 1.73. The van der Waals surface area contributed by atoms with Gasteiger partial charge in [0.15, 0.2) is 0 Å². The number of aromatic nitrogens is 2. The summed E-state index contributed by atoms with van der Waals surface area (Å²) in [6.07, 6.45) is 1.58. The lowest BCUT2D eigenvalue weighted by Gasteiger charge is -1.98. The van der Waals surface area contributed by atoms with Crippen LogP contribution in [0.3, 0.4) is 0 Å². The Morgan fingerprint density at radius 1 is 1.26 bits per heavy atom. The smallest absolute Gasteiger partial charge is 0.258 e. The molecule has 5 nitrogen and oxygen atoms in total. The molecule has 0 radical (unpaired) electrons. The number of nitrogens with zero attached hydrogens (tertiary/aromatic N) is 2. The van der Waals surface area contributed by atoms with E-state index in [1.165, 1.54) is 0 Å². The Hall–Kier alpha value is -2.27. The number of nitrogen functional groups attached to an aromatic ring is 1. The summed E-state index contributed by atoms with van der Waals surface area (Å²) in [6.45, 7) is 1.84. The van der Waals surface area contributed by atoms with Gasteiger partial charge in [0, 0.05) is 5.56 Å². The SMILES string of the molecule is Cc1occc1-c1noc(-c2ccc(N)c(Cl)c2)n1. The molecule has 3 aromatic rings. The summed E-state index contributed by atoms with van der Waals surface area (Å²) in [7, 11) is 0. The van der Waals surface area contributed by atoms with E-state index in [1.54, 1.807) is 30.5 Å². The molecule has 2 N–H and O–H groups in total. The number of halogens is 1. The van der Waals surface area contributed by atoms with Gasteiger partial charge in [0.2, 0.25) is 5.82 Å². The zero-order valence-electron chi connectivity index (χ0n) is 10.1. The van der Waals surface area contributed by atoms with Gasteiger partial charge < -0.3 is 14.7 Å². The highest BCUT2D eigenvalue weighted by Gasteiger charge is 2.14. The van der Waals surface area contributed by atoms with Gasteiger partial charge in [-0.25, -0.2) is 0 Å². The molecule has 2 aromatic heterocycles. The summed E-state index contributed by atoms with van der Waals surface area (Å²) < 4.78 is 10.4. The molecule has 96 valence electrons. The number of benzene rings is 1. The molecule has 3 rings (SSSR count). The molecule has 0 atom stereocenters. The Kier molecular flexibility index (Phi) is 2.76. The van der Waals surface area contributed by atoms with Crippen LogP contribution < -0.4 is 5.73 Å². The van der Waals surface area contributed by atoms with E-state index in [0.29, 0.717) is 22.4 Å². The molecule has 0 fully saturated rings. The number of furan rings is 1. The maximum Gasteiger partial charge on any atom is 0.258 e. The lowest BCUT2D eigenvalue weighted by atomic mass is 10.2. The van der Waals surface area contributed by atoms with E-state index in [-0.39, 0.29) is 0 Å². The van der Waals surface area contributed by atoms with Crippen molar-refractivity contribution >= 4 is 17.3 Å². The lowest BCUT2D eigenvalue weighted by molar-refractivity contribution is 0.432. The molecule has 1 aromatic carbocycles. The molecule has 19 heavy (non-hydrogen) atoms. The monoisotopic (exact) mass is 275 g/mol. The second-order valence-corrected chi connectivity index (χ2v) is 4.46. The van der Waals surface area contributed by atoms with Gasteiger partial charge in [-0.15, -0.1) is 0 Å². The number of aryl methyl sites for hydroxylation is 1. The molecule has 2 heterocycles. The molecular formula is C13H10ClN3O2. The van der Waals surface area contributed by atoms with E-state index >= 15 is 0 Å². The molecular weight excluding hydrogens is 266 g/mol. The average Bonchev–Trinajstić information content (AvgIpc) is 3.01. The van der Waals surface area contributed by atoms with Gasteiger partial charge in [0.05, 0.1) is 22.5 Å². The molecule has 0 spiro atoms. The van der Waals surface area contributed by atoms with Crippen LogP contribution in [0.5, 0.6) is 0 Å². The number of hydrogen-bond donors (Lipinski definition) is 1. The topological polar surface area (TPSA) is 78.1 Å². The summed E-state index contributed by atoms with van der Waals surface area (Å²) in [4.78, 5) is 4.32. The summed E-state index contributed by atoms with van der Waals surface area (Å²) in [5.41, 5.74) is 7.69. The second kappa shape index (κ2) is 4.44. The Balaban J connectivity index is 2.01. The highest BCUT2D eigenvalue weighted by Crippen LogP contribution is 2.28. The van der Waals surface area contributed by atoms with Crippen molar-refractivity contribution in [2.75, 3.05) is 5.73 Å². The molecule has 0 aliphatic heterocycles. The van der Waals surface area contributed by atoms with Crippen LogP contribution in [0.25, 0.3) is 22.8 Å². The molecule has 0 aliphatic carbocycles. The minimum atomic E-state index is 0.387. The van der Waals surface area contributed by atoms with E-state index in [2.05, 4.69) is 10.1 Å². The normalized spacial score (nSPS) is 10.8. The Morgan fingerprint density at radius 2 is 2.11 bits per heavy atom. The van der Waals surface area contributed by atoms with Gasteiger partial charge in [0.25, 0.3) is 5.89 Å². The van der Waals surface area contributed by atoms with E-state index < -0.39 is 0 Å².